The number of halogens is 1. The number of nitrogens with one attached hydrogen (secondary N) is 2. The fraction of sp³-hybridized carbons (Fsp3) is 0.933. The van der Waals surface area contributed by atoms with Gasteiger partial charge in [0.1, 0.15) is 0 Å². The van der Waals surface area contributed by atoms with E-state index in [-0.39, 0.29) is 24.0 Å². The van der Waals surface area contributed by atoms with Crippen LogP contribution in [0.2, 0.25) is 0 Å². The minimum atomic E-state index is 0. The molecule has 0 aromatic rings. The number of guanidine groups is 1. The maximum atomic E-state index is 4.28. The molecule has 0 fully saturated rings. The van der Waals surface area contributed by atoms with E-state index in [9.17, 15) is 0 Å². The zero-order valence-corrected chi connectivity index (χ0v) is 16.5. The lowest BCUT2D eigenvalue weighted by atomic mass is 10.0. The fourth-order valence-corrected chi connectivity index (χ4v) is 1.96. The summed E-state index contributed by atoms with van der Waals surface area (Å²) in [6.07, 6.45) is 2.44. The molecular formula is C15H35IN4. The first-order valence-corrected chi connectivity index (χ1v) is 7.72. The summed E-state index contributed by atoms with van der Waals surface area (Å²) in [6.45, 7) is 15.4. The van der Waals surface area contributed by atoms with E-state index < -0.39 is 0 Å². The highest BCUT2D eigenvalue weighted by atomic mass is 127. The lowest BCUT2D eigenvalue weighted by Crippen LogP contribution is -2.44. The Labute approximate surface area is 143 Å². The van der Waals surface area contributed by atoms with Crippen LogP contribution >= 0.6 is 24.0 Å². The molecule has 0 saturated carbocycles. The Balaban J connectivity index is 0. The van der Waals surface area contributed by atoms with Crippen molar-refractivity contribution >= 4 is 29.9 Å². The minimum absolute atomic E-state index is 0. The topological polar surface area (TPSA) is 39.7 Å². The van der Waals surface area contributed by atoms with Gasteiger partial charge in [-0.1, -0.05) is 27.7 Å². The van der Waals surface area contributed by atoms with Crippen molar-refractivity contribution in [3.8, 4) is 0 Å². The van der Waals surface area contributed by atoms with E-state index in [0.29, 0.717) is 6.04 Å². The first-order valence-electron chi connectivity index (χ1n) is 7.72. The molecule has 122 valence electrons. The second-order valence-corrected chi connectivity index (χ2v) is 5.54. The van der Waals surface area contributed by atoms with Gasteiger partial charge in [-0.3, -0.25) is 4.99 Å². The largest absolute Gasteiger partial charge is 0.355 e. The van der Waals surface area contributed by atoms with Gasteiger partial charge >= 0.3 is 0 Å². The van der Waals surface area contributed by atoms with Gasteiger partial charge in [-0.2, -0.15) is 0 Å². The third-order valence-corrected chi connectivity index (χ3v) is 3.40. The Kier molecular flexibility index (Phi) is 15.5. The van der Waals surface area contributed by atoms with Gasteiger partial charge < -0.3 is 15.5 Å². The molecule has 2 N–H and O–H groups in total. The van der Waals surface area contributed by atoms with Crippen LogP contribution in [-0.2, 0) is 0 Å². The molecule has 0 bridgehead atoms. The smallest absolute Gasteiger partial charge is 0.191 e. The fourth-order valence-electron chi connectivity index (χ4n) is 1.96. The second kappa shape index (κ2) is 13.9. The summed E-state index contributed by atoms with van der Waals surface area (Å²) in [7, 11) is 1.84. The molecule has 0 aliphatic carbocycles. The van der Waals surface area contributed by atoms with Crippen LogP contribution in [0, 0.1) is 5.92 Å². The molecule has 4 nitrogen and oxygen atoms in total. The summed E-state index contributed by atoms with van der Waals surface area (Å²) in [5.74, 6) is 1.69. The van der Waals surface area contributed by atoms with Gasteiger partial charge in [-0.25, -0.2) is 0 Å². The van der Waals surface area contributed by atoms with E-state index in [0.717, 1.165) is 38.1 Å². The van der Waals surface area contributed by atoms with Crippen molar-refractivity contribution in [1.29, 1.82) is 0 Å². The van der Waals surface area contributed by atoms with Crippen molar-refractivity contribution in [3.63, 3.8) is 0 Å². The molecule has 0 rings (SSSR count). The van der Waals surface area contributed by atoms with E-state index in [1.807, 2.05) is 7.05 Å². The van der Waals surface area contributed by atoms with E-state index in [1.54, 1.807) is 0 Å². The van der Waals surface area contributed by atoms with Crippen LogP contribution in [-0.4, -0.2) is 50.1 Å². The van der Waals surface area contributed by atoms with Gasteiger partial charge in [0.2, 0.25) is 0 Å². The van der Waals surface area contributed by atoms with E-state index >= 15 is 0 Å². The van der Waals surface area contributed by atoms with Crippen molar-refractivity contribution in [2.45, 2.75) is 53.5 Å². The number of aliphatic imine (C=N–C) groups is 1. The monoisotopic (exact) mass is 398 g/mol. The SMILES string of the molecule is CCN(CC)CCNC(=NC)NC(C)CCC(C)C.I. The Morgan fingerprint density at radius 3 is 2.15 bits per heavy atom. The molecule has 0 saturated heterocycles. The first kappa shape index (κ1) is 22.2. The number of hydrogen-bond acceptors (Lipinski definition) is 2. The lowest BCUT2D eigenvalue weighted by molar-refractivity contribution is 0.308. The van der Waals surface area contributed by atoms with E-state index in [4.69, 9.17) is 0 Å². The third-order valence-electron chi connectivity index (χ3n) is 3.40. The average molecular weight is 398 g/mol. The summed E-state index contributed by atoms with van der Waals surface area (Å²) in [6, 6.07) is 0.474. The van der Waals surface area contributed by atoms with Crippen LogP contribution in [0.1, 0.15) is 47.5 Å². The predicted molar refractivity (Wildman–Crippen MR) is 101 cm³/mol. The normalized spacial score (nSPS) is 13.3. The van der Waals surface area contributed by atoms with Crippen molar-refractivity contribution in [2.24, 2.45) is 10.9 Å². The van der Waals surface area contributed by atoms with Crippen molar-refractivity contribution in [2.75, 3.05) is 33.2 Å². The molecular weight excluding hydrogens is 363 g/mol. The molecule has 1 unspecified atom stereocenters. The van der Waals surface area contributed by atoms with Crippen LogP contribution in [0.5, 0.6) is 0 Å². The highest BCUT2D eigenvalue weighted by Gasteiger charge is 2.06. The number of nitrogens with zero attached hydrogens (tertiary/aromatic N) is 2. The quantitative estimate of drug-likeness (QED) is 0.357. The summed E-state index contributed by atoms with van der Waals surface area (Å²) < 4.78 is 0. The van der Waals surface area contributed by atoms with E-state index in [2.05, 4.69) is 55.1 Å². The number of likely N-dealkylation sites (N-methyl/N-ethyl adjacent to an activating group) is 1. The average Bonchev–Trinajstić information content (AvgIpc) is 2.40. The van der Waals surface area contributed by atoms with Crippen molar-refractivity contribution in [3.05, 3.63) is 0 Å². The standard InChI is InChI=1S/C15H34N4.HI/c1-7-19(8-2)12-11-17-15(16-6)18-14(5)10-9-13(3)4;/h13-14H,7-12H2,1-6H3,(H2,16,17,18);1H. The van der Waals surface area contributed by atoms with Crippen LogP contribution in [0.4, 0.5) is 0 Å². The summed E-state index contributed by atoms with van der Waals surface area (Å²) in [5, 5.41) is 6.84. The predicted octanol–water partition coefficient (Wildman–Crippen LogP) is 2.94. The molecule has 5 heteroatoms. The first-order chi connectivity index (χ1) is 9.03. The van der Waals surface area contributed by atoms with Crippen LogP contribution in [0.15, 0.2) is 4.99 Å². The second-order valence-electron chi connectivity index (χ2n) is 5.54. The molecule has 0 heterocycles. The minimum Gasteiger partial charge on any atom is -0.355 e. The van der Waals surface area contributed by atoms with Gasteiger partial charge in [-0.05, 0) is 38.8 Å². The van der Waals surface area contributed by atoms with Gasteiger partial charge in [0, 0.05) is 26.2 Å². The molecule has 1 atom stereocenters. The maximum absolute atomic E-state index is 4.28. The van der Waals surface area contributed by atoms with Crippen LogP contribution in [0.3, 0.4) is 0 Å². The number of rotatable bonds is 9. The van der Waals surface area contributed by atoms with Gasteiger partial charge in [0.25, 0.3) is 0 Å². The highest BCUT2D eigenvalue weighted by Crippen LogP contribution is 2.06. The van der Waals surface area contributed by atoms with Gasteiger partial charge in [0.15, 0.2) is 5.96 Å². The molecule has 0 aliphatic heterocycles. The number of hydrogen-bond donors (Lipinski definition) is 2. The third kappa shape index (κ3) is 11.8. The zero-order valence-electron chi connectivity index (χ0n) is 14.2. The molecule has 20 heavy (non-hydrogen) atoms. The summed E-state index contributed by atoms with van der Waals surface area (Å²) >= 11 is 0. The molecule has 0 aromatic heterocycles. The molecule has 0 aromatic carbocycles. The molecule has 0 amide bonds. The molecule has 0 radical (unpaired) electrons. The summed E-state index contributed by atoms with van der Waals surface area (Å²) in [4.78, 5) is 6.68. The Morgan fingerprint density at radius 2 is 1.70 bits per heavy atom. The van der Waals surface area contributed by atoms with E-state index in [1.165, 1.54) is 12.8 Å². The lowest BCUT2D eigenvalue weighted by Gasteiger charge is -2.21. The summed E-state index contributed by atoms with van der Waals surface area (Å²) in [5.41, 5.74) is 0. The zero-order chi connectivity index (χ0) is 14.7. The van der Waals surface area contributed by atoms with Gasteiger partial charge in [-0.15, -0.1) is 24.0 Å². The van der Waals surface area contributed by atoms with Crippen molar-refractivity contribution in [1.82, 2.24) is 15.5 Å². The Morgan fingerprint density at radius 1 is 1.10 bits per heavy atom. The van der Waals surface area contributed by atoms with Gasteiger partial charge in [0.05, 0.1) is 0 Å². The Bertz CT molecular complexity index is 240. The van der Waals surface area contributed by atoms with Crippen LogP contribution in [0.25, 0.3) is 0 Å². The molecule has 0 aliphatic rings. The highest BCUT2D eigenvalue weighted by molar-refractivity contribution is 14.0. The Hall–Kier alpha value is -0.0400. The maximum Gasteiger partial charge on any atom is 0.191 e. The van der Waals surface area contributed by atoms with Crippen LogP contribution < -0.4 is 10.6 Å². The van der Waals surface area contributed by atoms with Crippen molar-refractivity contribution < 1.29 is 0 Å². The molecule has 0 spiro atoms.